The van der Waals surface area contributed by atoms with Gasteiger partial charge in [0.1, 0.15) is 11.6 Å². The van der Waals surface area contributed by atoms with Crippen molar-refractivity contribution in [1.82, 2.24) is 5.32 Å². The highest BCUT2D eigenvalue weighted by Gasteiger charge is 2.16. The van der Waals surface area contributed by atoms with E-state index < -0.39 is 5.82 Å². The van der Waals surface area contributed by atoms with Crippen molar-refractivity contribution in [1.29, 1.82) is 0 Å². The van der Waals surface area contributed by atoms with Crippen molar-refractivity contribution in [2.45, 2.75) is 25.8 Å². The molecule has 0 aliphatic carbocycles. The molecule has 0 saturated carbocycles. The van der Waals surface area contributed by atoms with E-state index in [9.17, 15) is 9.18 Å². The van der Waals surface area contributed by atoms with Gasteiger partial charge in [-0.3, -0.25) is 4.79 Å². The molecule has 1 aromatic heterocycles. The van der Waals surface area contributed by atoms with Crippen LogP contribution >= 0.6 is 0 Å². The molecule has 1 heterocycles. The minimum Gasteiger partial charge on any atom is -0.451 e. The van der Waals surface area contributed by atoms with Gasteiger partial charge in [0.15, 0.2) is 5.76 Å². The summed E-state index contributed by atoms with van der Waals surface area (Å²) in [5.74, 6) is -0.318. The number of nitrogens with one attached hydrogen (secondary N) is 1. The van der Waals surface area contributed by atoms with Gasteiger partial charge in [-0.2, -0.15) is 0 Å². The summed E-state index contributed by atoms with van der Waals surface area (Å²) >= 11 is 0. The highest BCUT2D eigenvalue weighted by molar-refractivity contribution is 5.92. The van der Waals surface area contributed by atoms with Gasteiger partial charge in [0.25, 0.3) is 5.91 Å². The van der Waals surface area contributed by atoms with Crippen LogP contribution in [0.5, 0.6) is 0 Å². The van der Waals surface area contributed by atoms with Gasteiger partial charge in [-0.25, -0.2) is 4.39 Å². The highest BCUT2D eigenvalue weighted by atomic mass is 19.1. The van der Waals surface area contributed by atoms with Crippen LogP contribution in [-0.2, 0) is 0 Å². The van der Waals surface area contributed by atoms with E-state index in [1.807, 2.05) is 6.92 Å². The third-order valence-electron chi connectivity index (χ3n) is 3.27. The molecule has 2 N–H and O–H groups in total. The maximum Gasteiger partial charge on any atom is 0.287 e. The molecular weight excluding hydrogens is 273 g/mol. The predicted octanol–water partition coefficient (Wildman–Crippen LogP) is 2.98. The van der Waals surface area contributed by atoms with Crippen LogP contribution in [0.25, 0.3) is 11.3 Å². The quantitative estimate of drug-likeness (QED) is 0.860. The van der Waals surface area contributed by atoms with Crippen LogP contribution in [-0.4, -0.2) is 23.7 Å². The van der Waals surface area contributed by atoms with E-state index >= 15 is 0 Å². The van der Waals surface area contributed by atoms with Crippen molar-refractivity contribution in [3.05, 3.63) is 48.0 Å². The number of furan rings is 1. The number of amides is 1. The van der Waals surface area contributed by atoms with Crippen molar-refractivity contribution >= 4 is 5.91 Å². The van der Waals surface area contributed by atoms with Crippen molar-refractivity contribution in [2.75, 3.05) is 6.61 Å². The van der Waals surface area contributed by atoms with Gasteiger partial charge in [-0.05, 0) is 37.1 Å². The number of hydrogen-bond donors (Lipinski definition) is 2. The molecule has 2 rings (SSSR count). The van der Waals surface area contributed by atoms with Crippen molar-refractivity contribution in [3.63, 3.8) is 0 Å². The Kier molecular flexibility index (Phi) is 5.11. The first-order valence-corrected chi connectivity index (χ1v) is 6.92. The van der Waals surface area contributed by atoms with Crippen LogP contribution in [0.3, 0.4) is 0 Å². The van der Waals surface area contributed by atoms with Gasteiger partial charge in [-0.1, -0.05) is 19.1 Å². The van der Waals surface area contributed by atoms with E-state index in [1.165, 1.54) is 12.1 Å². The maximum atomic E-state index is 13.7. The fraction of sp³-hybridized carbons (Fsp3) is 0.312. The smallest absolute Gasteiger partial charge is 0.287 e. The van der Waals surface area contributed by atoms with Crippen LogP contribution in [0.2, 0.25) is 0 Å². The van der Waals surface area contributed by atoms with E-state index in [1.54, 1.807) is 24.3 Å². The average Bonchev–Trinajstić information content (AvgIpc) is 2.97. The molecule has 21 heavy (non-hydrogen) atoms. The van der Waals surface area contributed by atoms with Gasteiger partial charge in [0, 0.05) is 12.6 Å². The lowest BCUT2D eigenvalue weighted by molar-refractivity contribution is 0.0902. The van der Waals surface area contributed by atoms with E-state index in [0.717, 1.165) is 0 Å². The summed E-state index contributed by atoms with van der Waals surface area (Å²) in [7, 11) is 0. The van der Waals surface area contributed by atoms with E-state index in [-0.39, 0.29) is 24.3 Å². The molecule has 2 aromatic rings. The fourth-order valence-electron chi connectivity index (χ4n) is 2.06. The molecule has 0 spiro atoms. The zero-order valence-corrected chi connectivity index (χ0v) is 11.8. The Morgan fingerprint density at radius 2 is 2.10 bits per heavy atom. The largest absolute Gasteiger partial charge is 0.451 e. The van der Waals surface area contributed by atoms with Crippen molar-refractivity contribution in [3.8, 4) is 11.3 Å². The molecule has 4 nitrogen and oxygen atoms in total. The van der Waals surface area contributed by atoms with Crippen LogP contribution in [0, 0.1) is 5.82 Å². The molecule has 5 heteroatoms. The second kappa shape index (κ2) is 7.04. The summed E-state index contributed by atoms with van der Waals surface area (Å²) < 4.78 is 19.1. The normalized spacial score (nSPS) is 12.1. The summed E-state index contributed by atoms with van der Waals surface area (Å²) in [4.78, 5) is 12.0. The van der Waals surface area contributed by atoms with Gasteiger partial charge >= 0.3 is 0 Å². The SMILES string of the molecule is CCC(CCO)NC(=O)c1ccc(-c2ccccc2F)o1. The first kappa shape index (κ1) is 15.3. The highest BCUT2D eigenvalue weighted by Crippen LogP contribution is 2.24. The summed E-state index contributed by atoms with van der Waals surface area (Å²) in [5, 5.41) is 11.7. The second-order valence-electron chi connectivity index (χ2n) is 4.73. The molecule has 1 aromatic carbocycles. The van der Waals surface area contributed by atoms with Gasteiger partial charge in [0.05, 0.1) is 5.56 Å². The molecule has 0 fully saturated rings. The molecule has 0 aliphatic rings. The van der Waals surface area contributed by atoms with Crippen LogP contribution in [0.1, 0.15) is 30.3 Å². The fourth-order valence-corrected chi connectivity index (χ4v) is 2.06. The third kappa shape index (κ3) is 3.70. The molecule has 0 bridgehead atoms. The molecule has 1 atom stereocenters. The van der Waals surface area contributed by atoms with Gasteiger partial charge in [0.2, 0.25) is 0 Å². The zero-order chi connectivity index (χ0) is 15.2. The third-order valence-corrected chi connectivity index (χ3v) is 3.27. The number of aliphatic hydroxyl groups is 1. The Labute approximate surface area is 122 Å². The summed E-state index contributed by atoms with van der Waals surface area (Å²) in [6, 6.07) is 9.21. The number of benzene rings is 1. The van der Waals surface area contributed by atoms with E-state index in [4.69, 9.17) is 9.52 Å². The lowest BCUT2D eigenvalue weighted by atomic mass is 10.1. The van der Waals surface area contributed by atoms with Crippen molar-refractivity contribution < 1.29 is 18.7 Å². The summed E-state index contributed by atoms with van der Waals surface area (Å²) in [6.07, 6.45) is 1.20. The Bertz CT molecular complexity index is 609. The number of carbonyl (C=O) groups is 1. The standard InChI is InChI=1S/C16H18FNO3/c1-2-11(9-10-19)18-16(20)15-8-7-14(21-15)12-5-3-4-6-13(12)17/h3-8,11,19H,2,9-10H2,1H3,(H,18,20). The number of rotatable bonds is 6. The summed E-state index contributed by atoms with van der Waals surface area (Å²) in [5.41, 5.74) is 0.318. The molecule has 0 saturated heterocycles. The molecule has 1 amide bonds. The number of aliphatic hydroxyl groups excluding tert-OH is 1. The van der Waals surface area contributed by atoms with Crippen LogP contribution in [0.15, 0.2) is 40.8 Å². The van der Waals surface area contributed by atoms with Crippen LogP contribution in [0.4, 0.5) is 4.39 Å². The second-order valence-corrected chi connectivity index (χ2v) is 4.73. The lowest BCUT2D eigenvalue weighted by Gasteiger charge is -2.14. The lowest BCUT2D eigenvalue weighted by Crippen LogP contribution is -2.34. The van der Waals surface area contributed by atoms with Gasteiger partial charge < -0.3 is 14.8 Å². The molecule has 0 radical (unpaired) electrons. The Morgan fingerprint density at radius 1 is 1.33 bits per heavy atom. The number of carbonyl (C=O) groups excluding carboxylic acids is 1. The van der Waals surface area contributed by atoms with Crippen molar-refractivity contribution in [2.24, 2.45) is 0 Å². The molecular formula is C16H18FNO3. The Hall–Kier alpha value is -2.14. The summed E-state index contributed by atoms with van der Waals surface area (Å²) in [6.45, 7) is 1.94. The predicted molar refractivity (Wildman–Crippen MR) is 77.4 cm³/mol. The van der Waals surface area contributed by atoms with E-state index in [2.05, 4.69) is 5.32 Å². The van der Waals surface area contributed by atoms with Gasteiger partial charge in [-0.15, -0.1) is 0 Å². The molecule has 1 unspecified atom stereocenters. The minimum absolute atomic E-state index is 0.0113. The number of halogens is 1. The topological polar surface area (TPSA) is 62.5 Å². The van der Waals surface area contributed by atoms with Crippen LogP contribution < -0.4 is 5.32 Å². The molecule has 112 valence electrons. The van der Waals surface area contributed by atoms with E-state index in [0.29, 0.717) is 24.2 Å². The maximum absolute atomic E-state index is 13.7. The minimum atomic E-state index is -0.398. The average molecular weight is 291 g/mol. The Morgan fingerprint density at radius 3 is 2.76 bits per heavy atom. The first-order chi connectivity index (χ1) is 10.2. The first-order valence-electron chi connectivity index (χ1n) is 6.92. The number of hydrogen-bond acceptors (Lipinski definition) is 3. The molecule has 0 aliphatic heterocycles. The Balaban J connectivity index is 2.13. The zero-order valence-electron chi connectivity index (χ0n) is 11.8. The monoisotopic (exact) mass is 291 g/mol.